The third-order valence-corrected chi connectivity index (χ3v) is 15.3. The summed E-state index contributed by atoms with van der Waals surface area (Å²) in [4.78, 5) is 66.1. The number of carbonyl (C=O) groups is 2. The van der Waals surface area contributed by atoms with E-state index in [0.717, 1.165) is 11.1 Å². The minimum atomic E-state index is -2.02. The lowest BCUT2D eigenvalue weighted by atomic mass is 9.78. The highest BCUT2D eigenvalue weighted by atomic mass is 16.7. The van der Waals surface area contributed by atoms with Crippen LogP contribution in [0.3, 0.4) is 0 Å². The van der Waals surface area contributed by atoms with Crippen molar-refractivity contribution in [2.45, 2.75) is 98.7 Å². The minimum absolute atomic E-state index is 0.0381. The molecule has 17 heteroatoms. The molecule has 1 aromatic heterocycles. The predicted molar refractivity (Wildman–Crippen MR) is 290 cm³/mol. The summed E-state index contributed by atoms with van der Waals surface area (Å²) in [6.07, 6.45) is 3.52. The number of benzene rings is 5. The number of nitrogens with zero attached hydrogens (tertiary/aromatic N) is 3. The number of hydrogen-bond acceptors (Lipinski definition) is 16. The van der Waals surface area contributed by atoms with Crippen molar-refractivity contribution in [2.24, 2.45) is 23.7 Å². The number of esters is 1. The number of rotatable bonds is 6. The number of aromatic hydroxyl groups is 1. The number of aromatic nitrogens is 1. The molecule has 5 N–H and O–H groups in total. The second-order valence-electron chi connectivity index (χ2n) is 20.5. The van der Waals surface area contributed by atoms with Gasteiger partial charge in [0.25, 0.3) is 5.91 Å². The van der Waals surface area contributed by atoms with Gasteiger partial charge in [-0.2, -0.15) is 0 Å². The number of aliphatic hydroxyl groups excluding tert-OH is 3. The lowest BCUT2D eigenvalue weighted by Gasteiger charge is -2.39. The van der Waals surface area contributed by atoms with Gasteiger partial charge in [-0.25, -0.2) is 4.98 Å². The van der Waals surface area contributed by atoms with Gasteiger partial charge in [0.15, 0.2) is 22.4 Å². The normalized spacial score (nSPS) is 26.9. The van der Waals surface area contributed by atoms with Crippen LogP contribution in [0.4, 0.5) is 17.1 Å². The van der Waals surface area contributed by atoms with E-state index in [1.807, 2.05) is 60.7 Å². The van der Waals surface area contributed by atoms with Crippen molar-refractivity contribution in [3.8, 4) is 11.5 Å². The summed E-state index contributed by atoms with van der Waals surface area (Å²) in [6, 6.07) is 21.2. The van der Waals surface area contributed by atoms with Gasteiger partial charge in [-0.3, -0.25) is 19.2 Å². The van der Waals surface area contributed by atoms with Crippen molar-refractivity contribution in [3.05, 3.63) is 145 Å². The summed E-state index contributed by atoms with van der Waals surface area (Å²) < 4.78 is 31.2. The van der Waals surface area contributed by atoms with Crippen LogP contribution in [0.5, 0.6) is 11.5 Å². The summed E-state index contributed by atoms with van der Waals surface area (Å²) >= 11 is 0. The molecule has 6 aromatic rings. The average molecular weight is 1040 g/mol. The molecule has 17 nitrogen and oxygen atoms in total. The summed E-state index contributed by atoms with van der Waals surface area (Å²) in [6.45, 7) is 14.6. The number of amides is 1. The Kier molecular flexibility index (Phi) is 14.8. The van der Waals surface area contributed by atoms with Crippen LogP contribution in [-0.4, -0.2) is 87.7 Å². The third kappa shape index (κ3) is 9.62. The highest BCUT2D eigenvalue weighted by Gasteiger charge is 2.44. The smallest absolute Gasteiger partial charge is 0.307 e. The quantitative estimate of drug-likeness (QED) is 0.0615. The molecule has 0 spiro atoms. The van der Waals surface area contributed by atoms with Gasteiger partial charge in [0, 0.05) is 93.4 Å². The van der Waals surface area contributed by atoms with Crippen molar-refractivity contribution in [3.63, 3.8) is 0 Å². The zero-order valence-electron chi connectivity index (χ0n) is 44.0. The average Bonchev–Trinajstić information content (AvgIpc) is 3.68. The standard InChI is InChI=1S/C59H64N4O13/c1-30-17-16-18-31(2)58(71)61-47-52(69)43-42(44-54(35(6)51(43)68)76-59(8,57(44)70)73-26-23-41(72-9)32(3)53(74-36(7)64)34(5)50(67)33(4)49(30)66)46-55(47)75-56-45(60-46)40(65)27-39-48(56)63(29-38-21-14-11-15-22-38)25-24-62(39)28-37-19-12-10-13-20-37/h10-23,26-27,30,32-34,41,49-50,53,66-68,70H,24-25,28-29H2,1-9H3,(H,61,71)/b17-16+,26-23+,31-18-/t30-,32+,33+,34+,41-,49-,50+,53+,59-/m0/s1. The Labute approximate surface area is 438 Å². The van der Waals surface area contributed by atoms with Crippen molar-refractivity contribution in [2.75, 3.05) is 35.3 Å². The van der Waals surface area contributed by atoms with Gasteiger partial charge in [0.05, 0.1) is 40.9 Å². The number of carbonyl (C=O) groups excluding carboxylic acids is 2. The van der Waals surface area contributed by atoms with Crippen LogP contribution in [0.1, 0.15) is 65.2 Å². The first kappa shape index (κ1) is 53.1. The second kappa shape index (κ2) is 21.1. The van der Waals surface area contributed by atoms with Gasteiger partial charge in [0.1, 0.15) is 34.5 Å². The Morgan fingerprint density at radius 1 is 0.842 bits per heavy atom. The Morgan fingerprint density at radius 3 is 2.13 bits per heavy atom. The van der Waals surface area contributed by atoms with E-state index in [1.54, 1.807) is 39.8 Å². The number of fused-ring (bicyclic) bond motifs is 4. The van der Waals surface area contributed by atoms with Crippen LogP contribution < -0.4 is 35.9 Å². The van der Waals surface area contributed by atoms with Crippen LogP contribution in [0, 0.1) is 30.6 Å². The number of allylic oxidation sites excluding steroid dienone is 2. The molecular formula is C59H64N4O13. The molecule has 3 aliphatic heterocycles. The van der Waals surface area contributed by atoms with Crippen molar-refractivity contribution >= 4 is 67.7 Å². The monoisotopic (exact) mass is 1040 g/mol. The number of nitrogens with one attached hydrogen (secondary N) is 1. The highest BCUT2D eigenvalue weighted by molar-refractivity contribution is 6.17. The number of methoxy groups -OCH3 is 1. The molecule has 0 unspecified atom stereocenters. The fraction of sp³-hybridized carbons (Fsp3) is 0.373. The van der Waals surface area contributed by atoms with Gasteiger partial charge in [-0.05, 0) is 31.1 Å². The van der Waals surface area contributed by atoms with Gasteiger partial charge in [-0.15, -0.1) is 0 Å². The zero-order chi connectivity index (χ0) is 54.5. The number of aliphatic hydroxyl groups is 3. The highest BCUT2D eigenvalue weighted by Crippen LogP contribution is 2.45. The van der Waals surface area contributed by atoms with E-state index in [0.29, 0.717) is 37.6 Å². The molecule has 398 valence electrons. The topological polar surface area (TPSA) is 231 Å². The largest absolute Gasteiger partial charge is 0.507 e. The first-order chi connectivity index (χ1) is 36.2. The van der Waals surface area contributed by atoms with E-state index >= 15 is 4.79 Å². The van der Waals surface area contributed by atoms with Crippen molar-refractivity contribution < 1.29 is 53.4 Å². The third-order valence-electron chi connectivity index (χ3n) is 15.3. The van der Waals surface area contributed by atoms with Crippen molar-refractivity contribution in [1.82, 2.24) is 4.98 Å². The Hall–Kier alpha value is -7.73. The van der Waals surface area contributed by atoms with Gasteiger partial charge in [0.2, 0.25) is 10.9 Å². The minimum Gasteiger partial charge on any atom is -0.507 e. The summed E-state index contributed by atoms with van der Waals surface area (Å²) in [5, 5.41) is 50.0. The van der Waals surface area contributed by atoms with Crippen molar-refractivity contribution in [1.29, 1.82) is 0 Å². The van der Waals surface area contributed by atoms with Crippen LogP contribution >= 0.6 is 0 Å². The number of ether oxygens (including phenoxy) is 4. The molecule has 0 saturated heterocycles. The Morgan fingerprint density at radius 2 is 1.49 bits per heavy atom. The molecule has 1 amide bonds. The fourth-order valence-electron chi connectivity index (χ4n) is 10.9. The maximum Gasteiger partial charge on any atom is 0.307 e. The maximum absolute atomic E-state index is 15.3. The number of phenolic OH excluding ortho intramolecular Hbond substituents is 1. The van der Waals surface area contributed by atoms with Crippen LogP contribution in [-0.2, 0) is 36.9 Å². The SMILES string of the molecule is CO[C@H]1/C=C/O[C@@]2(C)Oc3c(C)c(O)c4c(=O)c(c5oc6c7c(cc(=O)c6nc5c4c3=C2O)N(Cc2ccccc2)CCN7Cc2ccccc2)NC(=O)/C(C)=C\C=C\[C@H](C)[C@H](O)[C@@H](C)[C@@H](O)[C@@H](C)[C@H](OC(C)=O)[C@@H]1C. The number of anilines is 3. The first-order valence-electron chi connectivity index (χ1n) is 25.5. The van der Waals surface area contributed by atoms with E-state index in [-0.39, 0.29) is 55.1 Å². The van der Waals surface area contributed by atoms with E-state index in [9.17, 15) is 34.8 Å². The van der Waals surface area contributed by atoms with Crippen LogP contribution in [0.2, 0.25) is 0 Å². The van der Waals surface area contributed by atoms with Gasteiger partial charge < -0.3 is 58.9 Å². The number of hydrogen-bond donors (Lipinski definition) is 5. The van der Waals surface area contributed by atoms with E-state index in [4.69, 9.17) is 28.3 Å². The summed E-state index contributed by atoms with van der Waals surface area (Å²) in [5.41, 5.74) is 0.964. The fourth-order valence-corrected chi connectivity index (χ4v) is 10.9. The van der Waals surface area contributed by atoms with Crippen LogP contribution in [0.15, 0.2) is 117 Å². The maximum atomic E-state index is 15.3. The second-order valence-corrected chi connectivity index (χ2v) is 20.5. The van der Waals surface area contributed by atoms with Gasteiger partial charge in [-0.1, -0.05) is 107 Å². The first-order valence-corrected chi connectivity index (χ1v) is 25.5. The molecule has 4 bridgehead atoms. The molecule has 0 fully saturated rings. The molecular weight excluding hydrogens is 973 g/mol. The van der Waals surface area contributed by atoms with E-state index in [2.05, 4.69) is 15.1 Å². The molecule has 9 rings (SSSR count). The molecule has 4 heterocycles. The molecule has 5 aromatic carbocycles. The predicted octanol–water partition coefficient (Wildman–Crippen LogP) is 7.59. The zero-order valence-corrected chi connectivity index (χ0v) is 44.0. The molecule has 0 saturated carbocycles. The van der Waals surface area contributed by atoms with Gasteiger partial charge >= 0.3 is 11.8 Å². The van der Waals surface area contributed by atoms with E-state index < -0.39 is 93.8 Å². The molecule has 9 atom stereocenters. The Bertz CT molecular complexity index is 3530. The Balaban J connectivity index is 1.31. The lowest BCUT2D eigenvalue weighted by Crippen LogP contribution is -2.46. The molecule has 0 radical (unpaired) electrons. The summed E-state index contributed by atoms with van der Waals surface area (Å²) in [5.74, 6) is -7.10. The lowest BCUT2D eigenvalue weighted by molar-refractivity contribution is -0.160. The van der Waals surface area contributed by atoms with Crippen LogP contribution in [0.25, 0.3) is 38.7 Å². The number of phenols is 1. The molecule has 0 aliphatic carbocycles. The summed E-state index contributed by atoms with van der Waals surface area (Å²) in [7, 11) is 1.45. The van der Waals surface area contributed by atoms with E-state index in [1.165, 1.54) is 59.3 Å². The molecule has 76 heavy (non-hydrogen) atoms. The molecule has 3 aliphatic rings.